The molecule has 1 saturated carbocycles. The van der Waals surface area contributed by atoms with Crippen molar-refractivity contribution in [3.63, 3.8) is 0 Å². The Kier molecular flexibility index (Phi) is 7.29. The first-order valence-electron chi connectivity index (χ1n) is 11.2. The van der Waals surface area contributed by atoms with Gasteiger partial charge in [0.15, 0.2) is 8.32 Å². The van der Waals surface area contributed by atoms with Crippen LogP contribution in [0.15, 0.2) is 46.1 Å². The van der Waals surface area contributed by atoms with Crippen LogP contribution in [0, 0.1) is 12.8 Å². The second kappa shape index (κ2) is 9.47. The molecule has 4 atom stereocenters. The minimum absolute atomic E-state index is 0.0108. The Labute approximate surface area is 190 Å². The number of benzene rings is 1. The maximum atomic E-state index is 12.5. The molecule has 176 valence electrons. The Balaban J connectivity index is 1.85. The summed E-state index contributed by atoms with van der Waals surface area (Å²) in [6.45, 7) is 13.3. The van der Waals surface area contributed by atoms with Crippen LogP contribution >= 0.6 is 0 Å². The fourth-order valence-electron chi connectivity index (χ4n) is 3.95. The molecule has 0 spiro atoms. The molecule has 7 nitrogen and oxygen atoms in total. The number of hydrogen-bond acceptors (Lipinski definition) is 5. The number of aliphatic hydroxyl groups is 1. The first-order chi connectivity index (χ1) is 14.9. The number of rotatable bonds is 7. The van der Waals surface area contributed by atoms with Gasteiger partial charge in [0.25, 0.3) is 5.56 Å². The average molecular weight is 461 g/mol. The van der Waals surface area contributed by atoms with E-state index in [2.05, 4.69) is 38.8 Å². The molecule has 3 rings (SSSR count). The van der Waals surface area contributed by atoms with Gasteiger partial charge in [-0.05, 0) is 37.0 Å². The van der Waals surface area contributed by atoms with Crippen molar-refractivity contribution >= 4 is 8.32 Å². The van der Waals surface area contributed by atoms with Crippen LogP contribution in [0.3, 0.4) is 0 Å². The van der Waals surface area contributed by atoms with E-state index in [1.54, 1.807) is 6.92 Å². The third kappa shape index (κ3) is 5.31. The third-order valence-corrected chi connectivity index (χ3v) is 11.5. The van der Waals surface area contributed by atoms with Crippen LogP contribution < -0.4 is 11.2 Å². The summed E-state index contributed by atoms with van der Waals surface area (Å²) in [5.74, 6) is -0.281. The van der Waals surface area contributed by atoms with E-state index in [0.717, 1.165) is 5.56 Å². The smallest absolute Gasteiger partial charge is 0.328 e. The molecule has 0 radical (unpaired) electrons. The van der Waals surface area contributed by atoms with Crippen LogP contribution in [0.5, 0.6) is 0 Å². The Morgan fingerprint density at radius 3 is 2.47 bits per heavy atom. The van der Waals surface area contributed by atoms with E-state index >= 15 is 0 Å². The van der Waals surface area contributed by atoms with Crippen molar-refractivity contribution < 1.29 is 14.3 Å². The summed E-state index contributed by atoms with van der Waals surface area (Å²) in [6, 6.07) is 9.40. The Morgan fingerprint density at radius 2 is 1.84 bits per heavy atom. The number of aromatic amines is 1. The number of aromatic nitrogens is 2. The van der Waals surface area contributed by atoms with Crippen LogP contribution in [0.1, 0.15) is 44.4 Å². The largest absolute Gasteiger partial charge is 0.413 e. The normalized spacial score (nSPS) is 24.1. The molecular formula is C24H36N2O5Si. The third-order valence-electron chi connectivity index (χ3n) is 6.96. The van der Waals surface area contributed by atoms with Gasteiger partial charge in [0.05, 0.1) is 31.5 Å². The first kappa shape index (κ1) is 24.6. The topological polar surface area (TPSA) is 93.6 Å². The lowest BCUT2D eigenvalue weighted by Crippen LogP contribution is -2.46. The van der Waals surface area contributed by atoms with Crippen molar-refractivity contribution in [2.45, 2.75) is 77.1 Å². The maximum Gasteiger partial charge on any atom is 0.328 e. The van der Waals surface area contributed by atoms with Gasteiger partial charge in [-0.25, -0.2) is 4.79 Å². The summed E-state index contributed by atoms with van der Waals surface area (Å²) in [7, 11) is -2.12. The van der Waals surface area contributed by atoms with Gasteiger partial charge in [-0.2, -0.15) is 0 Å². The van der Waals surface area contributed by atoms with Gasteiger partial charge in [0.1, 0.15) is 0 Å². The SMILES string of the molecule is Cc1cn([C@H]2C[C@H](O[Si](C)(C)C(C)(C)C)[C@@H](COCc3ccccc3)[C@@H]2O)c(=O)[nH]c1=O. The molecule has 0 amide bonds. The second-order valence-corrected chi connectivity index (χ2v) is 15.1. The molecule has 0 saturated heterocycles. The highest BCUT2D eigenvalue weighted by atomic mass is 28.4. The number of aryl methyl sites for hydroxylation is 1. The molecule has 2 aromatic rings. The quantitative estimate of drug-likeness (QED) is 0.618. The summed E-state index contributed by atoms with van der Waals surface area (Å²) in [6.07, 6.45) is 0.943. The number of ether oxygens (including phenoxy) is 1. The molecule has 8 heteroatoms. The zero-order valence-electron chi connectivity index (χ0n) is 19.9. The molecule has 0 unspecified atom stereocenters. The van der Waals surface area contributed by atoms with Crippen molar-refractivity contribution in [1.82, 2.24) is 9.55 Å². The predicted octanol–water partition coefficient (Wildman–Crippen LogP) is 3.37. The molecule has 1 aromatic heterocycles. The molecular weight excluding hydrogens is 424 g/mol. The Hall–Kier alpha value is -2.00. The fourth-order valence-corrected chi connectivity index (χ4v) is 5.33. The van der Waals surface area contributed by atoms with E-state index in [0.29, 0.717) is 25.2 Å². The second-order valence-electron chi connectivity index (χ2n) is 10.4. The zero-order chi connectivity index (χ0) is 23.7. The summed E-state index contributed by atoms with van der Waals surface area (Å²) >= 11 is 0. The summed E-state index contributed by atoms with van der Waals surface area (Å²) < 4.78 is 14.1. The van der Waals surface area contributed by atoms with E-state index in [1.807, 2.05) is 30.3 Å². The van der Waals surface area contributed by atoms with Crippen LogP contribution in [-0.4, -0.2) is 41.8 Å². The standard InChI is InChI=1S/C24H36N2O5Si/c1-16-13-26(23(29)25-22(16)28)19-12-20(31-32(5,6)24(2,3)4)18(21(19)27)15-30-14-17-10-8-7-9-11-17/h7-11,13,18-21,27H,12,14-15H2,1-6H3,(H,25,28,29)/t18-,19+,20+,21+/m1/s1. The minimum atomic E-state index is -2.12. The highest BCUT2D eigenvalue weighted by molar-refractivity contribution is 6.74. The summed E-state index contributed by atoms with van der Waals surface area (Å²) in [4.78, 5) is 26.7. The van der Waals surface area contributed by atoms with Gasteiger partial charge in [-0.3, -0.25) is 14.3 Å². The number of H-pyrrole nitrogens is 1. The van der Waals surface area contributed by atoms with Gasteiger partial charge in [0.2, 0.25) is 0 Å². The lowest BCUT2D eigenvalue weighted by Gasteiger charge is -2.40. The van der Waals surface area contributed by atoms with E-state index in [9.17, 15) is 14.7 Å². The highest BCUT2D eigenvalue weighted by Crippen LogP contribution is 2.43. The van der Waals surface area contributed by atoms with Gasteiger partial charge >= 0.3 is 5.69 Å². The zero-order valence-corrected chi connectivity index (χ0v) is 20.9. The van der Waals surface area contributed by atoms with Gasteiger partial charge < -0.3 is 14.3 Å². The number of nitrogens with zero attached hydrogens (tertiary/aromatic N) is 1. The van der Waals surface area contributed by atoms with Crippen molar-refractivity contribution in [2.75, 3.05) is 6.61 Å². The molecule has 1 aliphatic carbocycles. The molecule has 32 heavy (non-hydrogen) atoms. The maximum absolute atomic E-state index is 12.5. The Morgan fingerprint density at radius 1 is 1.19 bits per heavy atom. The van der Waals surface area contributed by atoms with Crippen LogP contribution in [0.4, 0.5) is 0 Å². The monoisotopic (exact) mass is 460 g/mol. The van der Waals surface area contributed by atoms with Crippen LogP contribution in [-0.2, 0) is 15.8 Å². The van der Waals surface area contributed by atoms with Gasteiger partial charge in [-0.15, -0.1) is 0 Å². The molecule has 2 N–H and O–H groups in total. The van der Waals surface area contributed by atoms with E-state index in [1.165, 1.54) is 10.8 Å². The van der Waals surface area contributed by atoms with Crippen LogP contribution in [0.2, 0.25) is 18.1 Å². The number of aliphatic hydroxyl groups excluding tert-OH is 1. The predicted molar refractivity (Wildman–Crippen MR) is 127 cm³/mol. The molecule has 1 aliphatic rings. The lowest BCUT2D eigenvalue weighted by atomic mass is 10.0. The van der Waals surface area contributed by atoms with Gasteiger partial charge in [-0.1, -0.05) is 51.1 Å². The van der Waals surface area contributed by atoms with Crippen LogP contribution in [0.25, 0.3) is 0 Å². The van der Waals surface area contributed by atoms with E-state index in [4.69, 9.17) is 9.16 Å². The summed E-state index contributed by atoms with van der Waals surface area (Å²) in [5.41, 5.74) is 0.574. The molecule has 1 heterocycles. The molecule has 1 aromatic carbocycles. The van der Waals surface area contributed by atoms with Crippen molar-refractivity contribution in [1.29, 1.82) is 0 Å². The molecule has 0 aliphatic heterocycles. The van der Waals surface area contributed by atoms with Gasteiger partial charge in [0, 0.05) is 17.7 Å². The molecule has 1 fully saturated rings. The average Bonchev–Trinajstić information content (AvgIpc) is 2.99. The lowest BCUT2D eigenvalue weighted by molar-refractivity contribution is -0.00964. The minimum Gasteiger partial charge on any atom is -0.413 e. The molecule has 0 bridgehead atoms. The number of nitrogens with one attached hydrogen (secondary N) is 1. The van der Waals surface area contributed by atoms with Crippen molar-refractivity contribution in [3.8, 4) is 0 Å². The summed E-state index contributed by atoms with van der Waals surface area (Å²) in [5, 5.41) is 11.3. The van der Waals surface area contributed by atoms with Crippen molar-refractivity contribution in [2.24, 2.45) is 5.92 Å². The van der Waals surface area contributed by atoms with E-state index in [-0.39, 0.29) is 17.1 Å². The van der Waals surface area contributed by atoms with Crippen molar-refractivity contribution in [3.05, 3.63) is 68.5 Å². The number of hydrogen-bond donors (Lipinski definition) is 2. The van der Waals surface area contributed by atoms with E-state index < -0.39 is 31.7 Å². The first-order valence-corrected chi connectivity index (χ1v) is 14.1. The fraction of sp³-hybridized carbons (Fsp3) is 0.583. The highest BCUT2D eigenvalue weighted by Gasteiger charge is 2.49. The Bertz CT molecular complexity index is 1030.